The van der Waals surface area contributed by atoms with E-state index >= 15 is 0 Å². The molecule has 3 aromatic rings. The molecule has 0 aliphatic heterocycles. The Morgan fingerprint density at radius 1 is 1.24 bits per heavy atom. The fourth-order valence-electron chi connectivity index (χ4n) is 3.11. The van der Waals surface area contributed by atoms with E-state index in [1.807, 2.05) is 18.2 Å². The second kappa shape index (κ2) is 5.71. The van der Waals surface area contributed by atoms with Gasteiger partial charge in [-0.2, -0.15) is 5.10 Å². The van der Waals surface area contributed by atoms with Crippen molar-refractivity contribution in [3.05, 3.63) is 47.4 Å². The zero-order chi connectivity index (χ0) is 17.6. The first kappa shape index (κ1) is 15.3. The van der Waals surface area contributed by atoms with E-state index in [2.05, 4.69) is 15.4 Å². The largest absolute Gasteiger partial charge is 0.365 e. The molecule has 25 heavy (non-hydrogen) atoms. The number of carbonyl (C=O) groups is 2. The minimum Gasteiger partial charge on any atom is -0.365 e. The predicted molar refractivity (Wildman–Crippen MR) is 93.8 cm³/mol. The van der Waals surface area contributed by atoms with Crippen molar-refractivity contribution < 1.29 is 9.59 Å². The zero-order valence-corrected chi connectivity index (χ0v) is 13.8. The Morgan fingerprint density at radius 3 is 2.76 bits per heavy atom. The smallest absolute Gasteiger partial charge is 0.317 e. The quantitative estimate of drug-likeness (QED) is 0.661. The summed E-state index contributed by atoms with van der Waals surface area (Å²) in [6.45, 7) is 0. The van der Waals surface area contributed by atoms with Gasteiger partial charge in [-0.25, -0.2) is 14.5 Å². The number of amides is 3. The summed E-state index contributed by atoms with van der Waals surface area (Å²) in [5, 5.41) is 7.32. The van der Waals surface area contributed by atoms with Gasteiger partial charge in [-0.05, 0) is 30.5 Å². The molecule has 0 radical (unpaired) electrons. The van der Waals surface area contributed by atoms with Gasteiger partial charge in [0.25, 0.3) is 5.91 Å². The highest BCUT2D eigenvalue weighted by Crippen LogP contribution is 2.45. The number of hydrogen-bond donors (Lipinski definition) is 3. The second-order valence-electron chi connectivity index (χ2n) is 5.57. The van der Waals surface area contributed by atoms with Crippen molar-refractivity contribution in [3.8, 4) is 16.3 Å². The van der Waals surface area contributed by atoms with E-state index in [4.69, 9.17) is 11.5 Å². The highest BCUT2D eigenvalue weighted by molar-refractivity contribution is 7.20. The van der Waals surface area contributed by atoms with Crippen LogP contribution in [0.2, 0.25) is 0 Å². The van der Waals surface area contributed by atoms with Crippen LogP contribution in [0.1, 0.15) is 21.6 Å². The molecule has 0 aromatic carbocycles. The van der Waals surface area contributed by atoms with Crippen molar-refractivity contribution in [1.29, 1.82) is 0 Å². The Morgan fingerprint density at radius 2 is 2.08 bits per heavy atom. The fourth-order valence-corrected chi connectivity index (χ4v) is 4.40. The van der Waals surface area contributed by atoms with Crippen molar-refractivity contribution in [2.24, 2.45) is 11.5 Å². The van der Waals surface area contributed by atoms with E-state index in [0.717, 1.165) is 27.5 Å². The Balaban J connectivity index is 1.87. The zero-order valence-electron chi connectivity index (χ0n) is 13.0. The highest BCUT2D eigenvalue weighted by Gasteiger charge is 2.30. The maximum absolute atomic E-state index is 11.9. The van der Waals surface area contributed by atoms with Gasteiger partial charge in [0, 0.05) is 16.6 Å². The van der Waals surface area contributed by atoms with E-state index in [1.165, 1.54) is 11.3 Å². The lowest BCUT2D eigenvalue weighted by Gasteiger charge is -2.15. The first-order chi connectivity index (χ1) is 12.1. The van der Waals surface area contributed by atoms with Gasteiger partial charge in [0.2, 0.25) is 0 Å². The SMILES string of the molecule is NC(=O)Nc1sc2c(c1C(N)=O)CCc1c-2cnn1-c1ccccn1. The molecule has 3 heterocycles. The first-order valence-electron chi connectivity index (χ1n) is 7.57. The minimum absolute atomic E-state index is 0.329. The number of nitrogens with zero attached hydrogens (tertiary/aromatic N) is 3. The molecule has 0 bridgehead atoms. The molecule has 1 aliphatic carbocycles. The molecule has 5 N–H and O–H groups in total. The summed E-state index contributed by atoms with van der Waals surface area (Å²) in [6.07, 6.45) is 4.77. The first-order valence-corrected chi connectivity index (χ1v) is 8.38. The second-order valence-corrected chi connectivity index (χ2v) is 6.59. The summed E-state index contributed by atoms with van der Waals surface area (Å²) in [7, 11) is 0. The number of carbonyl (C=O) groups excluding carboxylic acids is 2. The number of nitrogens with two attached hydrogens (primary N) is 2. The monoisotopic (exact) mass is 354 g/mol. The number of aromatic nitrogens is 3. The van der Waals surface area contributed by atoms with Gasteiger partial charge in [0.1, 0.15) is 5.00 Å². The molecular formula is C16H14N6O2S. The Hall–Kier alpha value is -3.20. The average Bonchev–Trinajstić information content (AvgIpc) is 3.15. The molecule has 3 aromatic heterocycles. The maximum Gasteiger partial charge on any atom is 0.317 e. The van der Waals surface area contributed by atoms with Gasteiger partial charge in [-0.1, -0.05) is 6.07 Å². The third-order valence-corrected chi connectivity index (χ3v) is 5.26. The summed E-state index contributed by atoms with van der Waals surface area (Å²) in [4.78, 5) is 28.3. The number of nitrogens with one attached hydrogen (secondary N) is 1. The number of thiophene rings is 1. The fraction of sp³-hybridized carbons (Fsp3) is 0.125. The lowest BCUT2D eigenvalue weighted by atomic mass is 9.93. The summed E-state index contributed by atoms with van der Waals surface area (Å²) in [5.74, 6) is 0.149. The van der Waals surface area contributed by atoms with Crippen LogP contribution >= 0.6 is 11.3 Å². The van der Waals surface area contributed by atoms with Crippen molar-refractivity contribution in [2.75, 3.05) is 5.32 Å². The van der Waals surface area contributed by atoms with Crippen LogP contribution in [0.25, 0.3) is 16.3 Å². The van der Waals surface area contributed by atoms with Gasteiger partial charge in [-0.3, -0.25) is 10.1 Å². The molecule has 4 rings (SSSR count). The molecule has 3 amide bonds. The van der Waals surface area contributed by atoms with Crippen LogP contribution in [0, 0.1) is 0 Å². The molecule has 0 spiro atoms. The summed E-state index contributed by atoms with van der Waals surface area (Å²) in [5.41, 5.74) is 13.8. The Bertz CT molecular complexity index is 992. The molecule has 8 nitrogen and oxygen atoms in total. The van der Waals surface area contributed by atoms with Gasteiger partial charge < -0.3 is 11.5 Å². The lowest BCUT2D eigenvalue weighted by Crippen LogP contribution is -2.22. The third-order valence-electron chi connectivity index (χ3n) is 4.08. The third kappa shape index (κ3) is 2.45. The summed E-state index contributed by atoms with van der Waals surface area (Å²) >= 11 is 1.28. The van der Waals surface area contributed by atoms with E-state index < -0.39 is 11.9 Å². The Kier molecular flexibility index (Phi) is 3.50. The van der Waals surface area contributed by atoms with Crippen LogP contribution < -0.4 is 16.8 Å². The van der Waals surface area contributed by atoms with Crippen LogP contribution in [0.15, 0.2) is 30.6 Å². The summed E-state index contributed by atoms with van der Waals surface area (Å²) < 4.78 is 1.79. The topological polar surface area (TPSA) is 129 Å². The highest BCUT2D eigenvalue weighted by atomic mass is 32.1. The van der Waals surface area contributed by atoms with Crippen LogP contribution in [0.3, 0.4) is 0 Å². The van der Waals surface area contributed by atoms with Crippen LogP contribution in [0.4, 0.5) is 9.80 Å². The number of pyridine rings is 1. The van der Waals surface area contributed by atoms with Crippen LogP contribution in [-0.2, 0) is 12.8 Å². The number of rotatable bonds is 3. The van der Waals surface area contributed by atoms with Gasteiger partial charge in [0.15, 0.2) is 5.82 Å². The van der Waals surface area contributed by atoms with Crippen molar-refractivity contribution in [3.63, 3.8) is 0 Å². The molecule has 0 saturated carbocycles. The van der Waals surface area contributed by atoms with Crippen molar-refractivity contribution in [1.82, 2.24) is 14.8 Å². The van der Waals surface area contributed by atoms with Crippen LogP contribution in [-0.4, -0.2) is 26.7 Å². The van der Waals surface area contributed by atoms with E-state index in [9.17, 15) is 9.59 Å². The number of hydrogen-bond acceptors (Lipinski definition) is 5. The number of primary amides is 2. The predicted octanol–water partition coefficient (Wildman–Crippen LogP) is 1.68. The number of fused-ring (bicyclic) bond motifs is 3. The molecule has 0 saturated heterocycles. The standard InChI is InChI=1S/C16H14N6O2S/c17-14(23)12-8-4-5-10-9(13(8)25-15(12)21-16(18)24)7-20-22(10)11-3-1-2-6-19-11/h1-3,6-7H,4-5H2,(H2,17,23)(H3,18,21,24). The van der Waals surface area contributed by atoms with Crippen molar-refractivity contribution in [2.45, 2.75) is 12.8 Å². The van der Waals surface area contributed by atoms with Crippen LogP contribution in [0.5, 0.6) is 0 Å². The molecule has 9 heteroatoms. The van der Waals surface area contributed by atoms with Gasteiger partial charge in [-0.15, -0.1) is 11.3 Å². The number of urea groups is 1. The Labute approximate surface area is 146 Å². The molecule has 0 atom stereocenters. The molecule has 0 fully saturated rings. The molecular weight excluding hydrogens is 340 g/mol. The van der Waals surface area contributed by atoms with Gasteiger partial charge in [0.05, 0.1) is 17.5 Å². The maximum atomic E-state index is 11.9. The van der Waals surface area contributed by atoms with Gasteiger partial charge >= 0.3 is 6.03 Å². The normalized spacial score (nSPS) is 12.3. The van der Waals surface area contributed by atoms with E-state index in [-0.39, 0.29) is 0 Å². The lowest BCUT2D eigenvalue weighted by molar-refractivity contribution is 0.100. The average molecular weight is 354 g/mol. The van der Waals surface area contributed by atoms with Crippen molar-refractivity contribution >= 4 is 28.3 Å². The number of anilines is 1. The summed E-state index contributed by atoms with van der Waals surface area (Å²) in [6, 6.07) is 4.89. The minimum atomic E-state index is -0.731. The molecule has 1 aliphatic rings. The van der Waals surface area contributed by atoms with E-state index in [1.54, 1.807) is 17.1 Å². The van der Waals surface area contributed by atoms with E-state index in [0.29, 0.717) is 23.4 Å². The molecule has 126 valence electrons. The molecule has 0 unspecified atom stereocenters.